The van der Waals surface area contributed by atoms with Crippen molar-refractivity contribution in [2.75, 3.05) is 39.8 Å². The summed E-state index contributed by atoms with van der Waals surface area (Å²) in [7, 11) is 2.16. The summed E-state index contributed by atoms with van der Waals surface area (Å²) in [6.07, 6.45) is 1.71. The largest absolute Gasteiger partial charge is 0.350 e. The first kappa shape index (κ1) is 18.9. The Balaban J connectivity index is 1.86. The Hall–Kier alpha value is -1.43. The van der Waals surface area contributed by atoms with Crippen LogP contribution in [-0.4, -0.2) is 61.0 Å². The number of benzene rings is 1. The van der Waals surface area contributed by atoms with E-state index in [1.165, 1.54) is 5.56 Å². The Morgan fingerprint density at radius 1 is 1.12 bits per heavy atom. The highest BCUT2D eigenvalue weighted by molar-refractivity contribution is 5.94. The zero-order valence-electron chi connectivity index (χ0n) is 15.3. The van der Waals surface area contributed by atoms with E-state index in [0.29, 0.717) is 12.1 Å². The zero-order chi connectivity index (χ0) is 17.6. The smallest absolute Gasteiger partial charge is 0.251 e. The van der Waals surface area contributed by atoms with E-state index in [0.717, 1.165) is 45.6 Å². The van der Waals surface area contributed by atoms with Crippen molar-refractivity contribution in [2.45, 2.75) is 38.8 Å². The number of nitrogens with two attached hydrogens (primary N) is 1. The fraction of sp³-hybridized carbons (Fsp3) is 0.632. The number of carbonyl (C=O) groups excluding carboxylic acids is 1. The van der Waals surface area contributed by atoms with Crippen LogP contribution in [0.25, 0.3) is 0 Å². The minimum Gasteiger partial charge on any atom is -0.350 e. The summed E-state index contributed by atoms with van der Waals surface area (Å²) < 4.78 is 0. The summed E-state index contributed by atoms with van der Waals surface area (Å²) in [4.78, 5) is 17.1. The first-order chi connectivity index (χ1) is 11.5. The molecule has 1 heterocycles. The fourth-order valence-electron chi connectivity index (χ4n) is 2.88. The van der Waals surface area contributed by atoms with Crippen molar-refractivity contribution in [1.82, 2.24) is 15.1 Å². The summed E-state index contributed by atoms with van der Waals surface area (Å²) >= 11 is 0. The molecule has 1 aromatic carbocycles. The number of nitrogens with zero attached hydrogens (tertiary/aromatic N) is 2. The van der Waals surface area contributed by atoms with Crippen LogP contribution in [-0.2, 0) is 6.54 Å². The fourth-order valence-corrected chi connectivity index (χ4v) is 2.88. The predicted molar refractivity (Wildman–Crippen MR) is 99.0 cm³/mol. The summed E-state index contributed by atoms with van der Waals surface area (Å²) in [6, 6.07) is 7.94. The Morgan fingerprint density at radius 2 is 1.71 bits per heavy atom. The molecule has 0 saturated carbocycles. The van der Waals surface area contributed by atoms with Crippen LogP contribution in [0.3, 0.4) is 0 Å². The van der Waals surface area contributed by atoms with Gasteiger partial charge in [-0.05, 0) is 37.6 Å². The van der Waals surface area contributed by atoms with Crippen molar-refractivity contribution in [1.29, 1.82) is 0 Å². The van der Waals surface area contributed by atoms with Crippen LogP contribution in [0.4, 0.5) is 0 Å². The molecule has 0 atom stereocenters. The van der Waals surface area contributed by atoms with Crippen LogP contribution in [0.5, 0.6) is 0 Å². The van der Waals surface area contributed by atoms with Crippen LogP contribution in [0, 0.1) is 0 Å². The molecule has 5 nitrogen and oxygen atoms in total. The summed E-state index contributed by atoms with van der Waals surface area (Å²) in [5, 5.41) is 2.97. The quantitative estimate of drug-likeness (QED) is 0.797. The molecule has 5 heteroatoms. The molecule has 1 saturated heterocycles. The Morgan fingerprint density at radius 3 is 2.25 bits per heavy atom. The van der Waals surface area contributed by atoms with Crippen LogP contribution in [0.1, 0.15) is 42.6 Å². The van der Waals surface area contributed by atoms with Gasteiger partial charge in [0, 0.05) is 50.4 Å². The first-order valence-electron chi connectivity index (χ1n) is 9.02. The van der Waals surface area contributed by atoms with E-state index in [-0.39, 0.29) is 11.4 Å². The minimum absolute atomic E-state index is 0.0436. The number of likely N-dealkylation sites (N-methyl/N-ethyl adjacent to an activating group) is 1. The van der Waals surface area contributed by atoms with E-state index in [4.69, 9.17) is 5.73 Å². The van der Waals surface area contributed by atoms with Gasteiger partial charge in [0.25, 0.3) is 5.91 Å². The van der Waals surface area contributed by atoms with Gasteiger partial charge in [0.05, 0.1) is 0 Å². The van der Waals surface area contributed by atoms with Gasteiger partial charge < -0.3 is 16.0 Å². The van der Waals surface area contributed by atoms with Gasteiger partial charge in [0.2, 0.25) is 0 Å². The first-order valence-corrected chi connectivity index (χ1v) is 9.02. The van der Waals surface area contributed by atoms with Crippen molar-refractivity contribution >= 4 is 5.91 Å². The average molecular weight is 332 g/mol. The standard InChI is InChI=1S/C19H32N4O/c1-4-19(20,5-2)15-21-18(24)17-8-6-16(7-9-17)14-23-12-10-22(3)11-13-23/h6-9H,4-5,10-15,20H2,1-3H3,(H,21,24). The molecule has 1 fully saturated rings. The number of hydrogen-bond donors (Lipinski definition) is 2. The minimum atomic E-state index is -0.309. The number of hydrogen-bond acceptors (Lipinski definition) is 4. The summed E-state index contributed by atoms with van der Waals surface area (Å²) in [6.45, 7) is 10.0. The maximum absolute atomic E-state index is 12.3. The lowest BCUT2D eigenvalue weighted by Crippen LogP contribution is -2.49. The lowest BCUT2D eigenvalue weighted by molar-refractivity contribution is 0.0942. The third-order valence-electron chi connectivity index (χ3n) is 5.23. The van der Waals surface area contributed by atoms with Gasteiger partial charge >= 0.3 is 0 Å². The molecule has 0 spiro atoms. The van der Waals surface area contributed by atoms with Gasteiger partial charge in [0.15, 0.2) is 0 Å². The zero-order valence-corrected chi connectivity index (χ0v) is 15.3. The molecule has 134 valence electrons. The van der Waals surface area contributed by atoms with Crippen molar-refractivity contribution in [2.24, 2.45) is 5.73 Å². The van der Waals surface area contributed by atoms with E-state index in [1.54, 1.807) is 0 Å². The SMILES string of the molecule is CCC(N)(CC)CNC(=O)c1ccc(CN2CCN(C)CC2)cc1. The molecule has 2 rings (SSSR count). The molecule has 0 aromatic heterocycles. The van der Waals surface area contributed by atoms with E-state index >= 15 is 0 Å². The molecule has 1 amide bonds. The van der Waals surface area contributed by atoms with Crippen molar-refractivity contribution in [3.63, 3.8) is 0 Å². The van der Waals surface area contributed by atoms with Crippen molar-refractivity contribution in [3.8, 4) is 0 Å². The number of piperazine rings is 1. The van der Waals surface area contributed by atoms with E-state index in [1.807, 2.05) is 12.1 Å². The van der Waals surface area contributed by atoms with Crippen LogP contribution < -0.4 is 11.1 Å². The van der Waals surface area contributed by atoms with Gasteiger partial charge in [-0.15, -0.1) is 0 Å². The number of amides is 1. The van der Waals surface area contributed by atoms with Gasteiger partial charge in [-0.1, -0.05) is 26.0 Å². The highest BCUT2D eigenvalue weighted by Crippen LogP contribution is 2.12. The second-order valence-electron chi connectivity index (χ2n) is 7.03. The molecule has 24 heavy (non-hydrogen) atoms. The monoisotopic (exact) mass is 332 g/mol. The average Bonchev–Trinajstić information content (AvgIpc) is 2.62. The lowest BCUT2D eigenvalue weighted by Gasteiger charge is -2.32. The normalized spacial score (nSPS) is 17.0. The maximum Gasteiger partial charge on any atom is 0.251 e. The summed E-state index contributed by atoms with van der Waals surface area (Å²) in [5.41, 5.74) is 7.89. The second-order valence-corrected chi connectivity index (χ2v) is 7.03. The van der Waals surface area contributed by atoms with Gasteiger partial charge in [-0.2, -0.15) is 0 Å². The molecular formula is C19H32N4O. The molecule has 3 N–H and O–H groups in total. The molecule has 1 aromatic rings. The van der Waals surface area contributed by atoms with Gasteiger partial charge in [-0.25, -0.2) is 0 Å². The third-order valence-corrected chi connectivity index (χ3v) is 5.23. The molecular weight excluding hydrogens is 300 g/mol. The number of carbonyl (C=O) groups is 1. The molecule has 1 aliphatic heterocycles. The molecule has 0 unspecified atom stereocenters. The van der Waals surface area contributed by atoms with E-state index < -0.39 is 0 Å². The third kappa shape index (κ3) is 5.30. The number of nitrogens with one attached hydrogen (secondary N) is 1. The Labute approximate surface area is 146 Å². The molecule has 0 aliphatic carbocycles. The van der Waals surface area contributed by atoms with Gasteiger partial charge in [0.1, 0.15) is 0 Å². The van der Waals surface area contributed by atoms with Crippen LogP contribution >= 0.6 is 0 Å². The Bertz CT molecular complexity index is 517. The Kier molecular flexibility index (Phi) is 6.78. The maximum atomic E-state index is 12.3. The molecule has 1 aliphatic rings. The number of rotatable bonds is 7. The highest BCUT2D eigenvalue weighted by atomic mass is 16.1. The van der Waals surface area contributed by atoms with Crippen molar-refractivity contribution < 1.29 is 4.79 Å². The van der Waals surface area contributed by atoms with Crippen LogP contribution in [0.2, 0.25) is 0 Å². The second kappa shape index (κ2) is 8.60. The summed E-state index contributed by atoms with van der Waals surface area (Å²) in [5.74, 6) is -0.0436. The lowest BCUT2D eigenvalue weighted by atomic mass is 9.94. The van der Waals surface area contributed by atoms with E-state index in [9.17, 15) is 4.79 Å². The van der Waals surface area contributed by atoms with Gasteiger partial charge in [-0.3, -0.25) is 9.69 Å². The topological polar surface area (TPSA) is 61.6 Å². The molecule has 0 bridgehead atoms. The predicted octanol–water partition coefficient (Wildman–Crippen LogP) is 1.68. The molecule has 0 radical (unpaired) electrons. The van der Waals surface area contributed by atoms with E-state index in [2.05, 4.69) is 48.1 Å². The van der Waals surface area contributed by atoms with Crippen molar-refractivity contribution in [3.05, 3.63) is 35.4 Å². The highest BCUT2D eigenvalue weighted by Gasteiger charge is 2.21. The van der Waals surface area contributed by atoms with Crippen LogP contribution in [0.15, 0.2) is 24.3 Å².